The zero-order valence-corrected chi connectivity index (χ0v) is 16.0. The van der Waals surface area contributed by atoms with Gasteiger partial charge in [-0.1, -0.05) is 17.7 Å². The first-order valence-corrected chi connectivity index (χ1v) is 9.89. The number of carboxylic acids is 1. The van der Waals surface area contributed by atoms with Gasteiger partial charge < -0.3 is 20.9 Å². The maximum Gasteiger partial charge on any atom is 0.404 e. The van der Waals surface area contributed by atoms with Crippen molar-refractivity contribution >= 4 is 58.6 Å². The molecule has 0 radical (unpaired) electrons. The largest absolute Gasteiger partial charge is 0.477 e. The van der Waals surface area contributed by atoms with Crippen LogP contribution in [0, 0.1) is 0 Å². The Bertz CT molecular complexity index is 843. The van der Waals surface area contributed by atoms with Crippen LogP contribution in [0.15, 0.2) is 28.8 Å². The van der Waals surface area contributed by atoms with Crippen molar-refractivity contribution in [2.24, 2.45) is 5.73 Å². The zero-order chi connectivity index (χ0) is 19.8. The number of halogens is 1. The Hall–Kier alpha value is -2.24. The molecule has 144 valence electrons. The SMILES string of the molecule is NC(=O)OCC1=C(C(=O)O)N2C(=O)C(Cl)(NC(=O)Cc3cccs3)[C@H]2SC1. The van der Waals surface area contributed by atoms with Crippen molar-refractivity contribution in [3.8, 4) is 0 Å². The number of aliphatic carboxylic acids is 1. The molecule has 0 aromatic carbocycles. The minimum absolute atomic E-state index is 0.0656. The van der Waals surface area contributed by atoms with E-state index in [1.807, 2.05) is 5.38 Å². The number of thioether (sulfide) groups is 1. The molecule has 3 rings (SSSR count). The van der Waals surface area contributed by atoms with Gasteiger partial charge in [-0.15, -0.1) is 23.1 Å². The predicted molar refractivity (Wildman–Crippen MR) is 98.0 cm³/mol. The summed E-state index contributed by atoms with van der Waals surface area (Å²) >= 11 is 8.91. The number of ether oxygens (including phenoxy) is 1. The Morgan fingerprint density at radius 2 is 2.22 bits per heavy atom. The maximum absolute atomic E-state index is 12.6. The van der Waals surface area contributed by atoms with Crippen molar-refractivity contribution in [3.63, 3.8) is 0 Å². The van der Waals surface area contributed by atoms with E-state index in [1.54, 1.807) is 12.1 Å². The van der Waals surface area contributed by atoms with Crippen LogP contribution in [0.3, 0.4) is 0 Å². The van der Waals surface area contributed by atoms with E-state index in [0.29, 0.717) is 0 Å². The van der Waals surface area contributed by atoms with E-state index in [1.165, 1.54) is 11.3 Å². The number of nitrogens with one attached hydrogen (secondary N) is 1. The molecule has 1 aromatic rings. The second-order valence-electron chi connectivity index (χ2n) is 5.72. The summed E-state index contributed by atoms with van der Waals surface area (Å²) in [6.07, 6.45) is -0.988. The molecule has 0 bridgehead atoms. The molecule has 0 spiro atoms. The minimum atomic E-state index is -1.73. The van der Waals surface area contributed by atoms with Crippen LogP contribution < -0.4 is 11.1 Å². The minimum Gasteiger partial charge on any atom is -0.477 e. The number of amides is 3. The Balaban J connectivity index is 1.76. The first-order valence-electron chi connectivity index (χ1n) is 7.59. The third-order valence-electron chi connectivity index (χ3n) is 3.92. The summed E-state index contributed by atoms with van der Waals surface area (Å²) in [7, 11) is 0. The zero-order valence-electron chi connectivity index (χ0n) is 13.6. The fourth-order valence-corrected chi connectivity index (χ4v) is 5.29. The first kappa shape index (κ1) is 19.5. The van der Waals surface area contributed by atoms with E-state index in [4.69, 9.17) is 17.3 Å². The van der Waals surface area contributed by atoms with Gasteiger partial charge >= 0.3 is 12.1 Å². The summed E-state index contributed by atoms with van der Waals surface area (Å²) in [5.41, 5.74) is 4.81. The van der Waals surface area contributed by atoms with E-state index in [-0.39, 0.29) is 30.1 Å². The van der Waals surface area contributed by atoms with Crippen molar-refractivity contribution in [1.29, 1.82) is 0 Å². The highest BCUT2D eigenvalue weighted by Crippen LogP contribution is 2.48. The Morgan fingerprint density at radius 3 is 2.81 bits per heavy atom. The summed E-state index contributed by atoms with van der Waals surface area (Å²) in [4.78, 5) is 47.3. The molecule has 3 heterocycles. The quantitative estimate of drug-likeness (QED) is 0.342. The Morgan fingerprint density at radius 1 is 1.48 bits per heavy atom. The number of fused-ring (bicyclic) bond motifs is 1. The Labute approximate surface area is 166 Å². The van der Waals surface area contributed by atoms with Crippen molar-refractivity contribution in [2.75, 3.05) is 12.4 Å². The molecule has 1 fully saturated rings. The molecule has 4 N–H and O–H groups in total. The fourth-order valence-electron chi connectivity index (χ4n) is 2.78. The number of nitrogens with two attached hydrogens (primary N) is 1. The lowest BCUT2D eigenvalue weighted by Crippen LogP contribution is -2.77. The number of hydrogen-bond donors (Lipinski definition) is 3. The van der Waals surface area contributed by atoms with Gasteiger partial charge in [-0.05, 0) is 11.4 Å². The number of rotatable bonds is 6. The molecular weight excluding hydrogens is 418 g/mol. The molecule has 27 heavy (non-hydrogen) atoms. The van der Waals surface area contributed by atoms with Gasteiger partial charge in [0.05, 0.1) is 6.42 Å². The highest BCUT2D eigenvalue weighted by Gasteiger charge is 2.65. The monoisotopic (exact) mass is 431 g/mol. The Kier molecular flexibility index (Phi) is 5.36. The molecule has 1 unspecified atom stereocenters. The van der Waals surface area contributed by atoms with Gasteiger partial charge in [0.1, 0.15) is 17.7 Å². The van der Waals surface area contributed by atoms with Crippen LogP contribution in [0.5, 0.6) is 0 Å². The molecule has 12 heteroatoms. The summed E-state index contributed by atoms with van der Waals surface area (Å²) in [5, 5.41) is 13.0. The number of carbonyl (C=O) groups is 4. The number of alkyl halides is 1. The number of primary amides is 1. The van der Waals surface area contributed by atoms with Gasteiger partial charge in [0.2, 0.25) is 10.9 Å². The van der Waals surface area contributed by atoms with Crippen LogP contribution in [0.4, 0.5) is 4.79 Å². The van der Waals surface area contributed by atoms with Crippen LogP contribution in [0.1, 0.15) is 4.88 Å². The smallest absolute Gasteiger partial charge is 0.404 e. The summed E-state index contributed by atoms with van der Waals surface area (Å²) < 4.78 is 4.64. The molecular formula is C15H14ClN3O6S2. The molecule has 2 atom stereocenters. The summed E-state index contributed by atoms with van der Waals surface area (Å²) in [5.74, 6) is -2.40. The maximum atomic E-state index is 12.6. The standard InChI is InChI=1S/C15H14ClN3O6S2/c16-15(18-9(20)4-8-2-1-3-26-8)12(23)19-10(11(21)22)7(5-25-14(17)24)6-27-13(15)19/h1-3,13H,4-6H2,(H2,17,24)(H,18,20)(H,21,22)/t13-,15?/m1/s1. The number of carbonyl (C=O) groups excluding carboxylic acids is 3. The number of thiophene rings is 1. The second-order valence-corrected chi connectivity index (χ2v) is 8.42. The molecule has 2 aliphatic rings. The van der Waals surface area contributed by atoms with Gasteiger partial charge in [-0.3, -0.25) is 14.5 Å². The van der Waals surface area contributed by atoms with Crippen molar-refractivity contribution in [3.05, 3.63) is 33.7 Å². The summed E-state index contributed by atoms with van der Waals surface area (Å²) in [6.45, 7) is -0.347. The predicted octanol–water partition coefficient (Wildman–Crippen LogP) is 0.691. The third kappa shape index (κ3) is 3.62. The van der Waals surface area contributed by atoms with Gasteiger partial charge in [0.15, 0.2) is 0 Å². The normalized spacial score (nSPS) is 24.1. The lowest BCUT2D eigenvalue weighted by Gasteiger charge is -2.54. The number of hydrogen-bond acceptors (Lipinski definition) is 7. The van der Waals surface area contributed by atoms with Gasteiger partial charge in [0.25, 0.3) is 5.91 Å². The van der Waals surface area contributed by atoms with E-state index in [0.717, 1.165) is 21.5 Å². The molecule has 1 aromatic heterocycles. The molecule has 2 aliphatic heterocycles. The van der Waals surface area contributed by atoms with E-state index in [2.05, 4.69) is 10.1 Å². The number of carboxylic acid groups (broad SMARTS) is 1. The van der Waals surface area contributed by atoms with Gasteiger partial charge in [0, 0.05) is 16.2 Å². The van der Waals surface area contributed by atoms with E-state index in [9.17, 15) is 24.3 Å². The van der Waals surface area contributed by atoms with Gasteiger partial charge in [-0.2, -0.15) is 0 Å². The third-order valence-corrected chi connectivity index (χ3v) is 6.79. The topological polar surface area (TPSA) is 139 Å². The van der Waals surface area contributed by atoms with Crippen molar-refractivity contribution < 1.29 is 29.0 Å². The molecule has 9 nitrogen and oxygen atoms in total. The number of β-lactam (4-membered cyclic amide) rings is 1. The van der Waals surface area contributed by atoms with Crippen molar-refractivity contribution in [2.45, 2.75) is 16.8 Å². The average Bonchev–Trinajstić information content (AvgIpc) is 3.11. The van der Waals surface area contributed by atoms with Gasteiger partial charge in [-0.25, -0.2) is 9.59 Å². The van der Waals surface area contributed by atoms with Crippen LogP contribution in [-0.4, -0.2) is 56.6 Å². The molecule has 0 saturated carbocycles. The van der Waals surface area contributed by atoms with Crippen LogP contribution in [-0.2, 0) is 25.5 Å². The first-order chi connectivity index (χ1) is 12.7. The summed E-state index contributed by atoms with van der Waals surface area (Å²) in [6, 6.07) is 3.59. The van der Waals surface area contributed by atoms with Crippen LogP contribution in [0.2, 0.25) is 0 Å². The fraction of sp³-hybridized carbons (Fsp3) is 0.333. The molecule has 1 saturated heterocycles. The van der Waals surface area contributed by atoms with Crippen LogP contribution >= 0.6 is 34.7 Å². The van der Waals surface area contributed by atoms with E-state index < -0.39 is 34.2 Å². The van der Waals surface area contributed by atoms with Crippen LogP contribution in [0.25, 0.3) is 0 Å². The molecule has 3 amide bonds. The molecule has 0 aliphatic carbocycles. The van der Waals surface area contributed by atoms with Crippen molar-refractivity contribution in [1.82, 2.24) is 10.2 Å². The average molecular weight is 432 g/mol. The highest BCUT2D eigenvalue weighted by molar-refractivity contribution is 8.00. The van der Waals surface area contributed by atoms with E-state index >= 15 is 0 Å². The lowest BCUT2D eigenvalue weighted by atomic mass is 10.0. The lowest BCUT2D eigenvalue weighted by molar-refractivity contribution is -0.153. The number of nitrogens with zero attached hydrogens (tertiary/aromatic N) is 1. The highest BCUT2D eigenvalue weighted by atomic mass is 35.5. The second kappa shape index (κ2) is 7.41.